The standard InChI is InChI=1S/C14H23N3S/c1-10(2)16-14(13-15-11(3)8-18-13)9-17-6-4-12(14)5-7-17/h8,10,12,16H,4-7,9H2,1-3H3. The fourth-order valence-corrected chi connectivity index (χ4v) is 4.64. The molecule has 0 amide bonds. The second kappa shape index (κ2) is 4.58. The number of aryl methyl sites for hydroxylation is 1. The van der Waals surface area contributed by atoms with Crippen molar-refractivity contribution in [3.8, 4) is 0 Å². The van der Waals surface area contributed by atoms with Gasteiger partial charge >= 0.3 is 0 Å². The fraction of sp³-hybridized carbons (Fsp3) is 0.786. The van der Waals surface area contributed by atoms with Gasteiger partial charge in [0.05, 0.1) is 5.54 Å². The lowest BCUT2D eigenvalue weighted by atomic mass is 9.72. The highest BCUT2D eigenvalue weighted by Gasteiger charge is 2.49. The molecule has 2 bridgehead atoms. The molecule has 0 aromatic carbocycles. The molecule has 1 N–H and O–H groups in total. The zero-order valence-corrected chi connectivity index (χ0v) is 12.4. The summed E-state index contributed by atoms with van der Waals surface area (Å²) >= 11 is 1.84. The highest BCUT2D eigenvalue weighted by atomic mass is 32.1. The molecule has 1 unspecified atom stereocenters. The van der Waals surface area contributed by atoms with Crippen molar-refractivity contribution in [2.45, 2.75) is 45.2 Å². The molecule has 1 atom stereocenters. The summed E-state index contributed by atoms with van der Waals surface area (Å²) < 4.78 is 0. The van der Waals surface area contributed by atoms with Crippen molar-refractivity contribution >= 4 is 11.3 Å². The SMILES string of the molecule is Cc1csc(C2(NC(C)C)CN3CCC2CC3)n1. The average Bonchev–Trinajstić information content (AvgIpc) is 2.77. The van der Waals surface area contributed by atoms with E-state index >= 15 is 0 Å². The number of fused-ring (bicyclic) bond motifs is 3. The molecule has 3 fully saturated rings. The van der Waals surface area contributed by atoms with Crippen molar-refractivity contribution in [3.63, 3.8) is 0 Å². The normalized spacial score (nSPS) is 35.3. The summed E-state index contributed by atoms with van der Waals surface area (Å²) in [5, 5.41) is 7.36. The Labute approximate surface area is 114 Å². The Bertz CT molecular complexity index is 416. The van der Waals surface area contributed by atoms with Gasteiger partial charge in [0.2, 0.25) is 0 Å². The largest absolute Gasteiger partial charge is 0.302 e. The third-order valence-electron chi connectivity index (χ3n) is 4.30. The first-order valence-corrected chi connectivity index (χ1v) is 7.91. The zero-order valence-electron chi connectivity index (χ0n) is 11.6. The number of thiazole rings is 1. The smallest absolute Gasteiger partial charge is 0.115 e. The van der Waals surface area contributed by atoms with E-state index in [2.05, 4.69) is 36.4 Å². The van der Waals surface area contributed by atoms with Gasteiger partial charge in [-0.1, -0.05) is 0 Å². The summed E-state index contributed by atoms with van der Waals surface area (Å²) in [5.41, 5.74) is 1.28. The highest BCUT2D eigenvalue weighted by molar-refractivity contribution is 7.09. The summed E-state index contributed by atoms with van der Waals surface area (Å²) in [4.78, 5) is 7.41. The van der Waals surface area contributed by atoms with Crippen molar-refractivity contribution in [3.05, 3.63) is 16.1 Å². The molecular formula is C14H23N3S. The van der Waals surface area contributed by atoms with Gasteiger partial charge in [-0.25, -0.2) is 4.98 Å². The summed E-state index contributed by atoms with van der Waals surface area (Å²) in [6, 6.07) is 0.509. The quantitative estimate of drug-likeness (QED) is 0.909. The van der Waals surface area contributed by atoms with Crippen molar-refractivity contribution in [2.24, 2.45) is 5.92 Å². The lowest BCUT2D eigenvalue weighted by Crippen LogP contribution is -2.64. The van der Waals surface area contributed by atoms with Crippen molar-refractivity contribution in [1.29, 1.82) is 0 Å². The van der Waals surface area contributed by atoms with Gasteiger partial charge in [0.15, 0.2) is 0 Å². The first kappa shape index (κ1) is 12.6. The van der Waals surface area contributed by atoms with Gasteiger partial charge in [-0.15, -0.1) is 11.3 Å². The van der Waals surface area contributed by atoms with E-state index in [1.807, 2.05) is 11.3 Å². The summed E-state index contributed by atoms with van der Waals surface area (Å²) in [6.45, 7) is 10.3. The lowest BCUT2D eigenvalue weighted by molar-refractivity contribution is -0.00171. The fourth-order valence-electron chi connectivity index (χ4n) is 3.61. The van der Waals surface area contributed by atoms with E-state index in [9.17, 15) is 0 Å². The maximum absolute atomic E-state index is 4.81. The number of piperidine rings is 3. The third kappa shape index (κ3) is 2.00. The Morgan fingerprint density at radius 3 is 2.61 bits per heavy atom. The number of hydrogen-bond acceptors (Lipinski definition) is 4. The van der Waals surface area contributed by atoms with E-state index in [1.165, 1.54) is 30.9 Å². The molecule has 0 saturated carbocycles. The Morgan fingerprint density at radius 1 is 1.44 bits per heavy atom. The molecule has 1 aromatic rings. The minimum atomic E-state index is 0.115. The maximum Gasteiger partial charge on any atom is 0.115 e. The van der Waals surface area contributed by atoms with Gasteiger partial charge in [-0.2, -0.15) is 0 Å². The van der Waals surface area contributed by atoms with E-state index in [0.29, 0.717) is 6.04 Å². The van der Waals surface area contributed by atoms with Crippen molar-refractivity contribution in [1.82, 2.24) is 15.2 Å². The Hall–Kier alpha value is -0.450. The molecule has 1 aromatic heterocycles. The van der Waals surface area contributed by atoms with Crippen LogP contribution in [0.2, 0.25) is 0 Å². The number of nitrogens with one attached hydrogen (secondary N) is 1. The molecule has 4 rings (SSSR count). The molecule has 0 aliphatic carbocycles. The van der Waals surface area contributed by atoms with Crippen LogP contribution < -0.4 is 5.32 Å². The maximum atomic E-state index is 4.81. The van der Waals surface area contributed by atoms with Crippen molar-refractivity contribution < 1.29 is 0 Å². The van der Waals surface area contributed by atoms with Gasteiger partial charge < -0.3 is 10.2 Å². The molecule has 3 saturated heterocycles. The Morgan fingerprint density at radius 2 is 2.17 bits per heavy atom. The molecule has 18 heavy (non-hydrogen) atoms. The lowest BCUT2D eigenvalue weighted by Gasteiger charge is -2.53. The Kier molecular flexibility index (Phi) is 3.20. The monoisotopic (exact) mass is 265 g/mol. The van der Waals surface area contributed by atoms with E-state index in [0.717, 1.165) is 18.2 Å². The zero-order chi connectivity index (χ0) is 12.8. The minimum absolute atomic E-state index is 0.115. The summed E-state index contributed by atoms with van der Waals surface area (Å²) in [5.74, 6) is 0.760. The molecule has 4 heteroatoms. The first-order valence-electron chi connectivity index (χ1n) is 7.03. The van der Waals surface area contributed by atoms with Gasteiger partial charge in [0.1, 0.15) is 5.01 Å². The molecule has 100 valence electrons. The highest BCUT2D eigenvalue weighted by Crippen LogP contribution is 2.43. The molecule has 0 radical (unpaired) electrons. The average molecular weight is 265 g/mol. The molecule has 3 nitrogen and oxygen atoms in total. The van der Waals surface area contributed by atoms with Crippen LogP contribution in [0.1, 0.15) is 37.4 Å². The number of hydrogen-bond donors (Lipinski definition) is 1. The molecule has 0 spiro atoms. The van der Waals surface area contributed by atoms with Crippen LogP contribution in [0.25, 0.3) is 0 Å². The molecular weight excluding hydrogens is 242 g/mol. The van der Waals surface area contributed by atoms with Crippen LogP contribution in [0.5, 0.6) is 0 Å². The second-order valence-corrected chi connectivity index (χ2v) is 6.97. The van der Waals surface area contributed by atoms with E-state index in [4.69, 9.17) is 4.98 Å². The summed E-state index contributed by atoms with van der Waals surface area (Å²) in [6.07, 6.45) is 2.64. The second-order valence-electron chi connectivity index (χ2n) is 6.11. The van der Waals surface area contributed by atoms with Gasteiger partial charge in [-0.3, -0.25) is 0 Å². The van der Waals surface area contributed by atoms with E-state index in [1.54, 1.807) is 0 Å². The third-order valence-corrected chi connectivity index (χ3v) is 5.44. The molecule has 3 aliphatic heterocycles. The van der Waals surface area contributed by atoms with Crippen molar-refractivity contribution in [2.75, 3.05) is 19.6 Å². The predicted octanol–water partition coefficient (Wildman–Crippen LogP) is 2.37. The molecule has 3 aliphatic rings. The van der Waals surface area contributed by atoms with Crippen LogP contribution in [0, 0.1) is 12.8 Å². The Balaban J connectivity index is 1.98. The minimum Gasteiger partial charge on any atom is -0.302 e. The summed E-state index contributed by atoms with van der Waals surface area (Å²) in [7, 11) is 0. The van der Waals surface area contributed by atoms with E-state index < -0.39 is 0 Å². The van der Waals surface area contributed by atoms with Crippen LogP contribution in [0.3, 0.4) is 0 Å². The topological polar surface area (TPSA) is 28.2 Å². The number of aromatic nitrogens is 1. The van der Waals surface area contributed by atoms with Crippen LogP contribution in [0.15, 0.2) is 5.38 Å². The van der Waals surface area contributed by atoms with Crippen LogP contribution >= 0.6 is 11.3 Å². The number of nitrogens with zero attached hydrogens (tertiary/aromatic N) is 2. The van der Waals surface area contributed by atoms with Crippen LogP contribution in [-0.4, -0.2) is 35.6 Å². The van der Waals surface area contributed by atoms with Gasteiger partial charge in [0, 0.05) is 23.7 Å². The van der Waals surface area contributed by atoms with Crippen LogP contribution in [0.4, 0.5) is 0 Å². The molecule has 4 heterocycles. The van der Waals surface area contributed by atoms with Gasteiger partial charge in [0.25, 0.3) is 0 Å². The first-order chi connectivity index (χ1) is 8.60. The van der Waals surface area contributed by atoms with Gasteiger partial charge in [-0.05, 0) is 52.6 Å². The van der Waals surface area contributed by atoms with Crippen LogP contribution in [-0.2, 0) is 5.54 Å². The van der Waals surface area contributed by atoms with E-state index in [-0.39, 0.29) is 5.54 Å². The number of rotatable bonds is 3. The predicted molar refractivity (Wildman–Crippen MR) is 76.0 cm³/mol.